The summed E-state index contributed by atoms with van der Waals surface area (Å²) < 4.78 is 6.95. The molecule has 0 saturated heterocycles. The first-order chi connectivity index (χ1) is 4.84. The number of rotatable bonds is 2. The van der Waals surface area contributed by atoms with E-state index in [1.54, 1.807) is 19.6 Å². The summed E-state index contributed by atoms with van der Waals surface area (Å²) in [6.45, 7) is 1.96. The molecule has 1 heterocycles. The van der Waals surface area contributed by atoms with Crippen molar-refractivity contribution < 1.29 is 9.30 Å². The van der Waals surface area contributed by atoms with Gasteiger partial charge >= 0.3 is 0 Å². The van der Waals surface area contributed by atoms with Crippen molar-refractivity contribution in [1.82, 2.24) is 4.98 Å². The monoisotopic (exact) mass is 139 g/mol. The van der Waals surface area contributed by atoms with E-state index < -0.39 is 0 Å². The first kappa shape index (κ1) is 7.15. The Morgan fingerprint density at radius 3 is 2.90 bits per heavy atom. The lowest BCUT2D eigenvalue weighted by atomic mass is 10.6. The highest BCUT2D eigenvalue weighted by Crippen LogP contribution is 1.90. The van der Waals surface area contributed by atoms with Crippen LogP contribution in [0.5, 0.6) is 0 Å². The van der Waals surface area contributed by atoms with E-state index in [2.05, 4.69) is 4.98 Å². The molecular weight excluding hydrogens is 128 g/mol. The predicted octanol–water partition coefficient (Wildman–Crippen LogP) is 0.534. The molecule has 0 amide bonds. The summed E-state index contributed by atoms with van der Waals surface area (Å²) in [6, 6.07) is 1.87. The summed E-state index contributed by atoms with van der Waals surface area (Å²) in [5.74, 6) is 0. The van der Waals surface area contributed by atoms with E-state index in [-0.39, 0.29) is 6.23 Å². The average molecular weight is 139 g/mol. The minimum atomic E-state index is 0.0636. The van der Waals surface area contributed by atoms with Crippen molar-refractivity contribution in [1.29, 1.82) is 0 Å². The molecule has 0 N–H and O–H groups in total. The van der Waals surface area contributed by atoms with Gasteiger partial charge in [-0.1, -0.05) is 4.98 Å². The van der Waals surface area contributed by atoms with Gasteiger partial charge in [0.1, 0.15) is 6.20 Å². The lowest BCUT2D eigenvalue weighted by Gasteiger charge is -2.04. The van der Waals surface area contributed by atoms with Crippen LogP contribution in [-0.4, -0.2) is 12.1 Å². The Bertz CT molecular complexity index is 188. The molecule has 1 rings (SSSR count). The molecule has 1 aromatic heterocycles. The zero-order chi connectivity index (χ0) is 7.40. The lowest BCUT2D eigenvalue weighted by molar-refractivity contribution is -0.759. The van der Waals surface area contributed by atoms with Crippen LogP contribution in [0.15, 0.2) is 24.8 Å². The van der Waals surface area contributed by atoms with Crippen molar-refractivity contribution >= 4 is 0 Å². The van der Waals surface area contributed by atoms with Gasteiger partial charge in [0.05, 0.1) is 6.20 Å². The summed E-state index contributed by atoms with van der Waals surface area (Å²) in [4.78, 5) is 3.94. The number of methoxy groups -OCH3 is 1. The van der Waals surface area contributed by atoms with Gasteiger partial charge in [0.2, 0.25) is 0 Å². The summed E-state index contributed by atoms with van der Waals surface area (Å²) in [5.41, 5.74) is 0. The maximum Gasteiger partial charge on any atom is 0.288 e. The van der Waals surface area contributed by atoms with E-state index in [0.717, 1.165) is 0 Å². The zero-order valence-corrected chi connectivity index (χ0v) is 6.19. The topological polar surface area (TPSA) is 26.0 Å². The second kappa shape index (κ2) is 3.27. The van der Waals surface area contributed by atoms with Crippen LogP contribution in [0, 0.1) is 0 Å². The number of hydrogen-bond acceptors (Lipinski definition) is 2. The van der Waals surface area contributed by atoms with Gasteiger partial charge in [-0.15, -0.1) is 0 Å². The minimum Gasteiger partial charge on any atom is -0.343 e. The SMILES string of the molecule is COC(C)[n+]1cccnc1. The van der Waals surface area contributed by atoms with Gasteiger partial charge in [-0.05, 0) is 0 Å². The van der Waals surface area contributed by atoms with Crippen molar-refractivity contribution in [2.45, 2.75) is 13.2 Å². The van der Waals surface area contributed by atoms with Gasteiger partial charge < -0.3 is 4.74 Å². The largest absolute Gasteiger partial charge is 0.343 e. The first-order valence-corrected chi connectivity index (χ1v) is 3.18. The van der Waals surface area contributed by atoms with Crippen LogP contribution in [0.3, 0.4) is 0 Å². The molecule has 54 valence electrons. The van der Waals surface area contributed by atoms with Gasteiger partial charge in [0.15, 0.2) is 6.23 Å². The smallest absolute Gasteiger partial charge is 0.288 e. The van der Waals surface area contributed by atoms with Crippen LogP contribution in [0.1, 0.15) is 13.2 Å². The molecular formula is C7H11N2O+. The highest BCUT2D eigenvalue weighted by Gasteiger charge is 2.04. The van der Waals surface area contributed by atoms with Crippen LogP contribution in [-0.2, 0) is 4.74 Å². The predicted molar refractivity (Wildman–Crippen MR) is 36.2 cm³/mol. The number of aromatic nitrogens is 2. The van der Waals surface area contributed by atoms with Crippen molar-refractivity contribution in [3.63, 3.8) is 0 Å². The Morgan fingerprint density at radius 2 is 2.40 bits per heavy atom. The Kier molecular flexibility index (Phi) is 2.34. The average Bonchev–Trinajstić information content (AvgIpc) is 2.05. The first-order valence-electron chi connectivity index (χ1n) is 3.18. The van der Waals surface area contributed by atoms with Gasteiger partial charge in [-0.2, -0.15) is 0 Å². The molecule has 1 unspecified atom stereocenters. The Labute approximate surface area is 60.3 Å². The van der Waals surface area contributed by atoms with Crippen LogP contribution in [0.25, 0.3) is 0 Å². The fraction of sp³-hybridized carbons (Fsp3) is 0.429. The van der Waals surface area contributed by atoms with E-state index in [9.17, 15) is 0 Å². The molecule has 3 heteroatoms. The molecule has 1 atom stereocenters. The second-order valence-corrected chi connectivity index (χ2v) is 2.04. The van der Waals surface area contributed by atoms with Crippen LogP contribution in [0.2, 0.25) is 0 Å². The minimum absolute atomic E-state index is 0.0636. The van der Waals surface area contributed by atoms with Crippen molar-refractivity contribution in [3.8, 4) is 0 Å². The number of nitrogens with zero attached hydrogens (tertiary/aromatic N) is 2. The van der Waals surface area contributed by atoms with Gasteiger partial charge in [-0.25, -0.2) is 4.57 Å². The molecule has 3 nitrogen and oxygen atoms in total. The highest BCUT2D eigenvalue weighted by atomic mass is 16.5. The molecule has 10 heavy (non-hydrogen) atoms. The van der Waals surface area contributed by atoms with Gasteiger partial charge in [0, 0.05) is 20.1 Å². The van der Waals surface area contributed by atoms with E-state index in [1.807, 2.05) is 23.8 Å². The number of hydrogen-bond donors (Lipinski definition) is 0. The molecule has 0 bridgehead atoms. The van der Waals surface area contributed by atoms with E-state index >= 15 is 0 Å². The molecule has 0 radical (unpaired) electrons. The number of ether oxygens (including phenoxy) is 1. The van der Waals surface area contributed by atoms with Gasteiger partial charge in [-0.3, -0.25) is 0 Å². The molecule has 0 aliphatic carbocycles. The van der Waals surface area contributed by atoms with Crippen LogP contribution in [0.4, 0.5) is 0 Å². The van der Waals surface area contributed by atoms with Crippen LogP contribution >= 0.6 is 0 Å². The fourth-order valence-electron chi connectivity index (χ4n) is 0.678. The molecule has 1 aromatic rings. The summed E-state index contributed by atoms with van der Waals surface area (Å²) in [5, 5.41) is 0. The quantitative estimate of drug-likeness (QED) is 0.559. The maximum atomic E-state index is 5.06. The Morgan fingerprint density at radius 1 is 1.60 bits per heavy atom. The Hall–Kier alpha value is -0.960. The van der Waals surface area contributed by atoms with Gasteiger partial charge in [0.25, 0.3) is 6.33 Å². The third-order valence-corrected chi connectivity index (χ3v) is 1.39. The zero-order valence-electron chi connectivity index (χ0n) is 6.19. The summed E-state index contributed by atoms with van der Waals surface area (Å²) in [7, 11) is 1.67. The molecule has 0 aromatic carbocycles. The Balaban J connectivity index is 2.75. The molecule has 0 fully saturated rings. The van der Waals surface area contributed by atoms with E-state index in [1.165, 1.54) is 0 Å². The third-order valence-electron chi connectivity index (χ3n) is 1.39. The lowest BCUT2D eigenvalue weighted by Crippen LogP contribution is -2.38. The normalized spacial score (nSPS) is 13.0. The molecule has 0 saturated carbocycles. The third kappa shape index (κ3) is 1.51. The van der Waals surface area contributed by atoms with Crippen molar-refractivity contribution in [2.75, 3.05) is 7.11 Å². The standard InChI is InChI=1S/C7H11N2O/c1-7(10-2)9-5-3-4-8-6-9/h3-7H,1-2H3/q+1. The highest BCUT2D eigenvalue weighted by molar-refractivity contribution is 4.69. The van der Waals surface area contributed by atoms with E-state index in [4.69, 9.17) is 4.74 Å². The summed E-state index contributed by atoms with van der Waals surface area (Å²) >= 11 is 0. The second-order valence-electron chi connectivity index (χ2n) is 2.04. The van der Waals surface area contributed by atoms with Crippen LogP contribution < -0.4 is 4.57 Å². The fourth-order valence-corrected chi connectivity index (χ4v) is 0.678. The molecule has 0 aliphatic rings. The van der Waals surface area contributed by atoms with Crippen molar-refractivity contribution in [2.24, 2.45) is 0 Å². The van der Waals surface area contributed by atoms with Crippen molar-refractivity contribution in [3.05, 3.63) is 24.8 Å². The molecule has 0 spiro atoms. The maximum absolute atomic E-state index is 5.06. The van der Waals surface area contributed by atoms with E-state index in [0.29, 0.717) is 0 Å². The summed E-state index contributed by atoms with van der Waals surface area (Å²) in [6.07, 6.45) is 5.45. The molecule has 0 aliphatic heterocycles.